The highest BCUT2D eigenvalue weighted by atomic mass is 32.2. The molecule has 1 N–H and O–H groups in total. The number of aromatic carboxylic acids is 1. The second-order valence-electron chi connectivity index (χ2n) is 4.84. The molecular weight excluding hydrogens is 310 g/mol. The predicted octanol–water partition coefficient (Wildman–Crippen LogP) is 2.74. The Bertz CT molecular complexity index is 806. The molecule has 0 atom stereocenters. The molecular formula is C14H15NO4S2. The third kappa shape index (κ3) is 3.30. The third-order valence-electron chi connectivity index (χ3n) is 3.21. The number of aromatic nitrogens is 1. The maximum atomic E-state index is 12.5. The number of sulfone groups is 1. The maximum Gasteiger partial charge on any atom is 0.335 e. The fraction of sp³-hybridized carbons (Fsp3) is 0.286. The zero-order valence-corrected chi connectivity index (χ0v) is 13.5. The molecule has 0 fully saturated rings. The van der Waals surface area contributed by atoms with Crippen molar-refractivity contribution in [3.63, 3.8) is 0 Å². The van der Waals surface area contributed by atoms with E-state index in [9.17, 15) is 13.2 Å². The second kappa shape index (κ2) is 5.57. The average molecular weight is 325 g/mol. The number of hydrogen-bond acceptors (Lipinski definition) is 5. The minimum absolute atomic E-state index is 0.0221. The van der Waals surface area contributed by atoms with E-state index in [-0.39, 0.29) is 16.2 Å². The summed E-state index contributed by atoms with van der Waals surface area (Å²) in [6.45, 7) is 5.19. The number of carbonyl (C=O) groups is 1. The first kappa shape index (κ1) is 15.7. The van der Waals surface area contributed by atoms with Crippen molar-refractivity contribution in [1.29, 1.82) is 0 Å². The van der Waals surface area contributed by atoms with Gasteiger partial charge in [-0.1, -0.05) is 0 Å². The molecule has 0 aliphatic carbocycles. The van der Waals surface area contributed by atoms with Crippen LogP contribution in [0.1, 0.15) is 32.2 Å². The molecule has 5 nitrogen and oxygen atoms in total. The van der Waals surface area contributed by atoms with Crippen LogP contribution in [-0.2, 0) is 15.6 Å². The number of aryl methyl sites for hydroxylation is 2. The van der Waals surface area contributed by atoms with Crippen LogP contribution in [0.5, 0.6) is 0 Å². The topological polar surface area (TPSA) is 84.3 Å². The number of benzene rings is 1. The Hall–Kier alpha value is -1.73. The largest absolute Gasteiger partial charge is 0.478 e. The number of thiazole rings is 1. The van der Waals surface area contributed by atoms with Crippen molar-refractivity contribution < 1.29 is 18.3 Å². The van der Waals surface area contributed by atoms with Crippen LogP contribution in [0.4, 0.5) is 0 Å². The molecule has 0 unspecified atom stereocenters. The molecule has 0 aliphatic rings. The molecule has 7 heteroatoms. The maximum absolute atomic E-state index is 12.5. The summed E-state index contributed by atoms with van der Waals surface area (Å²) in [7, 11) is -3.63. The highest BCUT2D eigenvalue weighted by molar-refractivity contribution is 7.90. The van der Waals surface area contributed by atoms with E-state index in [2.05, 4.69) is 4.98 Å². The fourth-order valence-electron chi connectivity index (χ4n) is 2.02. The molecule has 112 valence electrons. The Morgan fingerprint density at radius 3 is 2.48 bits per heavy atom. The van der Waals surface area contributed by atoms with Gasteiger partial charge in [0.25, 0.3) is 0 Å². The van der Waals surface area contributed by atoms with Gasteiger partial charge in [-0.25, -0.2) is 18.2 Å². The minimum Gasteiger partial charge on any atom is -0.478 e. The van der Waals surface area contributed by atoms with Crippen molar-refractivity contribution in [3.8, 4) is 0 Å². The van der Waals surface area contributed by atoms with Gasteiger partial charge in [-0.3, -0.25) is 0 Å². The van der Waals surface area contributed by atoms with E-state index in [1.165, 1.54) is 23.5 Å². The minimum atomic E-state index is -3.63. The Morgan fingerprint density at radius 2 is 1.95 bits per heavy atom. The lowest BCUT2D eigenvalue weighted by Gasteiger charge is -2.10. The monoisotopic (exact) mass is 325 g/mol. The van der Waals surface area contributed by atoms with Gasteiger partial charge >= 0.3 is 5.97 Å². The van der Waals surface area contributed by atoms with Crippen LogP contribution in [0, 0.1) is 20.8 Å². The van der Waals surface area contributed by atoms with E-state index in [0.29, 0.717) is 16.8 Å². The highest BCUT2D eigenvalue weighted by Crippen LogP contribution is 2.25. The van der Waals surface area contributed by atoms with Gasteiger partial charge in [0.15, 0.2) is 9.84 Å². The Kier molecular flexibility index (Phi) is 4.15. The fourth-order valence-corrected chi connectivity index (χ4v) is 4.37. The number of hydrogen-bond donors (Lipinski definition) is 1. The number of nitrogens with zero attached hydrogens (tertiary/aromatic N) is 1. The lowest BCUT2D eigenvalue weighted by molar-refractivity contribution is 0.0696. The van der Waals surface area contributed by atoms with Crippen molar-refractivity contribution in [2.24, 2.45) is 0 Å². The average Bonchev–Trinajstić information content (AvgIpc) is 2.76. The van der Waals surface area contributed by atoms with E-state index in [4.69, 9.17) is 5.11 Å². The third-order valence-corrected chi connectivity index (χ3v) is 5.80. The molecule has 0 amide bonds. The summed E-state index contributed by atoms with van der Waals surface area (Å²) in [5.74, 6) is -1.36. The summed E-state index contributed by atoms with van der Waals surface area (Å²) in [5.41, 5.74) is 1.68. The summed E-state index contributed by atoms with van der Waals surface area (Å²) >= 11 is 1.39. The Labute approximate surface area is 127 Å². The van der Waals surface area contributed by atoms with E-state index in [1.807, 2.05) is 0 Å². The smallest absolute Gasteiger partial charge is 0.335 e. The quantitative estimate of drug-likeness (QED) is 0.934. The molecule has 1 aromatic heterocycles. The first-order valence-corrected chi connectivity index (χ1v) is 8.72. The van der Waals surface area contributed by atoms with Gasteiger partial charge in [0.05, 0.1) is 26.9 Å². The van der Waals surface area contributed by atoms with Gasteiger partial charge in [-0.15, -0.1) is 11.3 Å². The molecule has 2 rings (SSSR count). The van der Waals surface area contributed by atoms with Crippen LogP contribution in [-0.4, -0.2) is 24.5 Å². The van der Waals surface area contributed by atoms with Crippen LogP contribution in [0.25, 0.3) is 0 Å². The van der Waals surface area contributed by atoms with E-state index >= 15 is 0 Å². The van der Waals surface area contributed by atoms with Crippen molar-refractivity contribution in [2.45, 2.75) is 31.4 Å². The summed E-state index contributed by atoms with van der Waals surface area (Å²) in [5, 5.41) is 11.6. The Morgan fingerprint density at radius 1 is 1.29 bits per heavy atom. The zero-order valence-electron chi connectivity index (χ0n) is 11.9. The standard InChI is InChI=1S/C14H15NO4S2/c1-8-4-11(14(16)17)5-13(9(8)2)21(18,19)7-12-6-20-10(3)15-12/h4-6H,7H2,1-3H3,(H,16,17). The number of rotatable bonds is 4. The summed E-state index contributed by atoms with van der Waals surface area (Å²) in [6.07, 6.45) is 0. The van der Waals surface area contributed by atoms with Crippen molar-refractivity contribution in [3.05, 3.63) is 44.9 Å². The molecule has 2 aromatic rings. The van der Waals surface area contributed by atoms with Crippen molar-refractivity contribution in [2.75, 3.05) is 0 Å². The first-order chi connectivity index (χ1) is 9.70. The van der Waals surface area contributed by atoms with Gasteiger partial charge in [0.1, 0.15) is 0 Å². The Balaban J connectivity index is 2.51. The SMILES string of the molecule is Cc1nc(CS(=O)(=O)c2cc(C(=O)O)cc(C)c2C)cs1. The second-order valence-corrected chi connectivity index (χ2v) is 7.86. The normalized spacial score (nSPS) is 11.6. The van der Waals surface area contributed by atoms with Gasteiger partial charge in [0.2, 0.25) is 0 Å². The summed E-state index contributed by atoms with van der Waals surface area (Å²) in [4.78, 5) is 15.3. The molecule has 0 bridgehead atoms. The summed E-state index contributed by atoms with van der Waals surface area (Å²) < 4.78 is 25.1. The van der Waals surface area contributed by atoms with Gasteiger partial charge in [0, 0.05) is 5.38 Å². The molecule has 21 heavy (non-hydrogen) atoms. The van der Waals surface area contributed by atoms with Gasteiger partial charge in [-0.05, 0) is 44.0 Å². The van der Waals surface area contributed by atoms with E-state index < -0.39 is 15.8 Å². The lowest BCUT2D eigenvalue weighted by atomic mass is 10.1. The zero-order chi connectivity index (χ0) is 15.8. The molecule has 0 saturated carbocycles. The number of carboxylic acids is 1. The van der Waals surface area contributed by atoms with Crippen molar-refractivity contribution >= 4 is 27.1 Å². The highest BCUT2D eigenvalue weighted by Gasteiger charge is 2.22. The molecule has 0 radical (unpaired) electrons. The van der Waals surface area contributed by atoms with Crippen LogP contribution in [0.15, 0.2) is 22.4 Å². The van der Waals surface area contributed by atoms with Crippen LogP contribution in [0.2, 0.25) is 0 Å². The van der Waals surface area contributed by atoms with E-state index in [0.717, 1.165) is 5.01 Å². The lowest BCUT2D eigenvalue weighted by Crippen LogP contribution is -2.10. The van der Waals surface area contributed by atoms with Crippen LogP contribution in [0.3, 0.4) is 0 Å². The molecule has 1 aromatic carbocycles. The van der Waals surface area contributed by atoms with Crippen molar-refractivity contribution in [1.82, 2.24) is 4.98 Å². The van der Waals surface area contributed by atoms with Crippen LogP contribution >= 0.6 is 11.3 Å². The number of carboxylic acid groups (broad SMARTS) is 1. The van der Waals surface area contributed by atoms with Gasteiger partial charge in [-0.2, -0.15) is 0 Å². The predicted molar refractivity (Wildman–Crippen MR) is 80.6 cm³/mol. The molecule has 0 saturated heterocycles. The molecule has 0 spiro atoms. The van der Waals surface area contributed by atoms with Gasteiger partial charge < -0.3 is 5.11 Å². The first-order valence-electron chi connectivity index (χ1n) is 6.19. The van der Waals surface area contributed by atoms with E-state index in [1.54, 1.807) is 26.2 Å². The summed E-state index contributed by atoms with van der Waals surface area (Å²) in [6, 6.07) is 2.70. The molecule has 1 heterocycles. The molecule has 0 aliphatic heterocycles. The van der Waals surface area contributed by atoms with Crippen LogP contribution < -0.4 is 0 Å².